The van der Waals surface area contributed by atoms with Crippen molar-refractivity contribution in [1.29, 1.82) is 0 Å². The zero-order valence-corrected chi connectivity index (χ0v) is 28.1. The molecule has 0 aliphatic rings. The van der Waals surface area contributed by atoms with Crippen molar-refractivity contribution in [2.45, 2.75) is 128 Å². The number of allylic oxidation sites excluding steroid dienone is 1. The first-order valence-corrected chi connectivity index (χ1v) is 15.6. The van der Waals surface area contributed by atoms with Gasteiger partial charge in [-0.25, -0.2) is 0 Å². The molecule has 0 aromatic heterocycles. The van der Waals surface area contributed by atoms with Crippen LogP contribution >= 0.6 is 0 Å². The molecule has 0 spiro atoms. The standard InChI is InChI=1S/C15H23N.C9H20.C7H14N2.2C2H6/c1-5-7-13(6-2)15(16-4)14-10-8-12(3)9-11-14;1-4-7-9(6-3)8-5-2;1-3-4-7(5-8)6-9-2;2*1-2/h8-11,13H,5-7H2,1-4H3;9H,4-8H2,1-3H3;3-4,6,9H,5,8H2,1-2H3;2*1-2H3/b;;4-3-,7-6+;;. The predicted octanol–water partition coefficient (Wildman–Crippen LogP) is 10.5. The smallest absolute Gasteiger partial charge is 0.0447 e. The maximum atomic E-state index is 5.39. The van der Waals surface area contributed by atoms with E-state index in [9.17, 15) is 0 Å². The van der Waals surface area contributed by atoms with Crippen LogP contribution in [0.4, 0.5) is 0 Å². The van der Waals surface area contributed by atoms with Gasteiger partial charge in [-0.05, 0) is 43.7 Å². The molecule has 0 bridgehead atoms. The van der Waals surface area contributed by atoms with Crippen molar-refractivity contribution < 1.29 is 0 Å². The second-order valence-corrected chi connectivity index (χ2v) is 8.93. The van der Waals surface area contributed by atoms with Crippen molar-refractivity contribution >= 4 is 5.71 Å². The highest BCUT2D eigenvalue weighted by Crippen LogP contribution is 2.19. The third kappa shape index (κ3) is 24.5. The number of aliphatic imine (C=N–C) groups is 1. The Morgan fingerprint density at radius 2 is 1.37 bits per heavy atom. The minimum atomic E-state index is 0.588. The van der Waals surface area contributed by atoms with Gasteiger partial charge < -0.3 is 11.1 Å². The third-order valence-electron chi connectivity index (χ3n) is 6.02. The molecule has 1 atom stereocenters. The Balaban J connectivity index is -0.000000227. The molecule has 38 heavy (non-hydrogen) atoms. The molecule has 0 saturated carbocycles. The number of hydrogen-bond donors (Lipinski definition) is 2. The van der Waals surface area contributed by atoms with Gasteiger partial charge in [0.15, 0.2) is 0 Å². The zero-order valence-electron chi connectivity index (χ0n) is 28.1. The fourth-order valence-corrected chi connectivity index (χ4v) is 4.10. The maximum absolute atomic E-state index is 5.39. The SMILES string of the molecule is C/C=C\C(=C/NC)CN.CC.CC.CCCC(CC)C(=NC)c1ccc(C)cc1.CCCC(CC)CCC. The normalized spacial score (nSPS) is 11.7. The van der Waals surface area contributed by atoms with Gasteiger partial charge >= 0.3 is 0 Å². The molecule has 0 aliphatic carbocycles. The van der Waals surface area contributed by atoms with Crippen LogP contribution in [0.5, 0.6) is 0 Å². The average Bonchev–Trinajstić information content (AvgIpc) is 2.96. The summed E-state index contributed by atoms with van der Waals surface area (Å²) < 4.78 is 0. The molecule has 224 valence electrons. The summed E-state index contributed by atoms with van der Waals surface area (Å²) in [5.74, 6) is 1.62. The quantitative estimate of drug-likeness (QED) is 0.196. The molecule has 0 fully saturated rings. The molecule has 1 aromatic rings. The number of nitrogens with zero attached hydrogens (tertiary/aromatic N) is 1. The molecule has 0 heterocycles. The summed E-state index contributed by atoms with van der Waals surface area (Å²) in [4.78, 5) is 4.49. The van der Waals surface area contributed by atoms with Crippen LogP contribution in [0.25, 0.3) is 0 Å². The van der Waals surface area contributed by atoms with Crippen molar-refractivity contribution in [3.8, 4) is 0 Å². The highest BCUT2D eigenvalue weighted by atomic mass is 14.8. The molecular weight excluding hydrogens is 462 g/mol. The van der Waals surface area contributed by atoms with Gasteiger partial charge in [0.05, 0.1) is 0 Å². The van der Waals surface area contributed by atoms with E-state index in [2.05, 4.69) is 76.1 Å². The van der Waals surface area contributed by atoms with Gasteiger partial charge in [-0.2, -0.15) is 0 Å². The summed E-state index contributed by atoms with van der Waals surface area (Å²) in [6.45, 7) is 24.0. The van der Waals surface area contributed by atoms with E-state index in [1.807, 2.05) is 67.1 Å². The first-order chi connectivity index (χ1) is 18.4. The molecule has 3 heteroatoms. The van der Waals surface area contributed by atoms with Crippen LogP contribution in [0.3, 0.4) is 0 Å². The van der Waals surface area contributed by atoms with E-state index in [0.29, 0.717) is 12.5 Å². The maximum Gasteiger partial charge on any atom is 0.0447 e. The van der Waals surface area contributed by atoms with E-state index >= 15 is 0 Å². The summed E-state index contributed by atoms with van der Waals surface area (Å²) in [6.07, 6.45) is 16.4. The van der Waals surface area contributed by atoms with Crippen LogP contribution < -0.4 is 11.1 Å². The van der Waals surface area contributed by atoms with Crippen molar-refractivity contribution in [2.24, 2.45) is 22.6 Å². The fourth-order valence-electron chi connectivity index (χ4n) is 4.10. The van der Waals surface area contributed by atoms with Gasteiger partial charge in [-0.15, -0.1) is 0 Å². The largest absolute Gasteiger partial charge is 0.394 e. The molecule has 0 radical (unpaired) electrons. The molecule has 1 rings (SSSR count). The number of benzene rings is 1. The number of nitrogens with two attached hydrogens (primary N) is 1. The van der Waals surface area contributed by atoms with Crippen molar-refractivity contribution in [3.05, 3.63) is 59.3 Å². The lowest BCUT2D eigenvalue weighted by molar-refractivity contribution is 0.427. The molecular formula is C35H69N3. The van der Waals surface area contributed by atoms with E-state index in [0.717, 1.165) is 11.5 Å². The molecule has 0 saturated heterocycles. The van der Waals surface area contributed by atoms with Crippen molar-refractivity contribution in [1.82, 2.24) is 5.32 Å². The molecule has 0 aliphatic heterocycles. The van der Waals surface area contributed by atoms with Gasteiger partial charge in [0, 0.05) is 38.5 Å². The molecule has 1 aromatic carbocycles. The number of aryl methyl sites for hydroxylation is 1. The minimum Gasteiger partial charge on any atom is -0.394 e. The molecule has 0 amide bonds. The first-order valence-electron chi connectivity index (χ1n) is 15.6. The van der Waals surface area contributed by atoms with Crippen LogP contribution in [0, 0.1) is 18.8 Å². The van der Waals surface area contributed by atoms with Crippen LogP contribution in [0.2, 0.25) is 0 Å². The van der Waals surface area contributed by atoms with E-state index < -0.39 is 0 Å². The Labute approximate surface area is 240 Å². The summed E-state index contributed by atoms with van der Waals surface area (Å²) in [7, 11) is 3.77. The van der Waals surface area contributed by atoms with Gasteiger partial charge in [0.25, 0.3) is 0 Å². The molecule has 1 unspecified atom stereocenters. The Hall–Kier alpha value is -1.87. The van der Waals surface area contributed by atoms with Crippen LogP contribution in [0.15, 0.2) is 53.2 Å². The van der Waals surface area contributed by atoms with Crippen molar-refractivity contribution in [3.63, 3.8) is 0 Å². The Kier molecular flexibility index (Phi) is 39.9. The lowest BCUT2D eigenvalue weighted by atomic mass is 9.90. The predicted molar refractivity (Wildman–Crippen MR) is 180 cm³/mol. The summed E-state index contributed by atoms with van der Waals surface area (Å²) in [6, 6.07) is 8.71. The van der Waals surface area contributed by atoms with E-state index in [-0.39, 0.29) is 0 Å². The van der Waals surface area contributed by atoms with E-state index in [1.54, 1.807) is 0 Å². The lowest BCUT2D eigenvalue weighted by Crippen LogP contribution is -2.15. The van der Waals surface area contributed by atoms with Gasteiger partial charge in [-0.1, -0.05) is 143 Å². The number of rotatable bonds is 13. The first kappa shape index (κ1) is 43.2. The lowest BCUT2D eigenvalue weighted by Gasteiger charge is -2.17. The fraction of sp³-hybridized carbons (Fsp3) is 0.686. The monoisotopic (exact) mass is 532 g/mol. The second-order valence-electron chi connectivity index (χ2n) is 8.93. The van der Waals surface area contributed by atoms with Crippen LogP contribution in [0.1, 0.15) is 132 Å². The summed E-state index contributed by atoms with van der Waals surface area (Å²) in [5, 5.41) is 2.91. The third-order valence-corrected chi connectivity index (χ3v) is 6.02. The van der Waals surface area contributed by atoms with Gasteiger partial charge in [0.1, 0.15) is 0 Å². The van der Waals surface area contributed by atoms with Gasteiger partial charge in [0.2, 0.25) is 0 Å². The van der Waals surface area contributed by atoms with Crippen molar-refractivity contribution in [2.75, 3.05) is 20.6 Å². The Bertz CT molecular complexity index is 650. The summed E-state index contributed by atoms with van der Waals surface area (Å²) in [5.41, 5.74) is 10.4. The summed E-state index contributed by atoms with van der Waals surface area (Å²) >= 11 is 0. The average molecular weight is 532 g/mol. The van der Waals surface area contributed by atoms with Crippen LogP contribution in [-0.2, 0) is 0 Å². The highest BCUT2D eigenvalue weighted by Gasteiger charge is 2.14. The minimum absolute atomic E-state index is 0.588. The Morgan fingerprint density at radius 1 is 0.868 bits per heavy atom. The highest BCUT2D eigenvalue weighted by molar-refractivity contribution is 6.02. The number of nitrogens with one attached hydrogen (secondary N) is 1. The van der Waals surface area contributed by atoms with Gasteiger partial charge in [-0.3, -0.25) is 4.99 Å². The topological polar surface area (TPSA) is 50.4 Å². The molecule has 3 nitrogen and oxygen atoms in total. The Morgan fingerprint density at radius 3 is 1.68 bits per heavy atom. The van der Waals surface area contributed by atoms with Crippen LogP contribution in [-0.4, -0.2) is 26.4 Å². The van der Waals surface area contributed by atoms with E-state index in [1.165, 1.54) is 68.2 Å². The zero-order chi connectivity index (χ0) is 30.2. The molecule has 3 N–H and O–H groups in total. The number of hydrogen-bond acceptors (Lipinski definition) is 3. The second kappa shape index (κ2) is 35.1. The van der Waals surface area contributed by atoms with E-state index in [4.69, 9.17) is 5.73 Å².